The van der Waals surface area contributed by atoms with Gasteiger partial charge in [-0.05, 0) is 24.6 Å². The zero-order valence-electron chi connectivity index (χ0n) is 9.98. The molecule has 0 fully saturated rings. The van der Waals surface area contributed by atoms with E-state index < -0.39 is 43.1 Å². The molecule has 0 aliphatic rings. The summed E-state index contributed by atoms with van der Waals surface area (Å²) < 4.78 is 111. The fraction of sp³-hybridized carbons (Fsp3) is 0.400. The molecule has 0 atom stereocenters. The van der Waals surface area contributed by atoms with Crippen LogP contribution in [0.25, 0.3) is 0 Å². The van der Waals surface area contributed by atoms with Gasteiger partial charge in [-0.3, -0.25) is 0 Å². The summed E-state index contributed by atoms with van der Waals surface area (Å²) in [6, 6.07) is 0.908. The fourth-order valence-corrected chi connectivity index (χ4v) is 2.48. The molecule has 11 heteroatoms. The van der Waals surface area contributed by atoms with E-state index in [2.05, 4.69) is 0 Å². The van der Waals surface area contributed by atoms with Gasteiger partial charge in [0.1, 0.15) is 0 Å². The van der Waals surface area contributed by atoms with Gasteiger partial charge in [0.05, 0.1) is 4.90 Å². The molecule has 0 bridgehead atoms. The molecule has 120 valence electrons. The Labute approximate surface area is 118 Å². The zero-order valence-corrected chi connectivity index (χ0v) is 11.6. The fourth-order valence-electron chi connectivity index (χ4n) is 1.64. The van der Waals surface area contributed by atoms with Crippen LogP contribution in [0.3, 0.4) is 0 Å². The van der Waals surface area contributed by atoms with Crippen LogP contribution in [0.4, 0.5) is 30.7 Å². The molecule has 0 radical (unpaired) electrons. The minimum absolute atomic E-state index is 0.103. The summed E-state index contributed by atoms with van der Waals surface area (Å²) in [7, 11) is 0.540. The predicted octanol–water partition coefficient (Wildman–Crippen LogP) is 4.21. The highest BCUT2D eigenvalue weighted by molar-refractivity contribution is 8.13. The van der Waals surface area contributed by atoms with Gasteiger partial charge < -0.3 is 0 Å². The van der Waals surface area contributed by atoms with Crippen molar-refractivity contribution in [3.05, 3.63) is 29.3 Å². The Kier molecular flexibility index (Phi) is 4.30. The number of hydrogen-bond acceptors (Lipinski definition) is 2. The van der Waals surface area contributed by atoms with E-state index in [1.54, 1.807) is 0 Å². The second-order valence-corrected chi connectivity index (χ2v) is 6.63. The monoisotopic (exact) mass is 358 g/mol. The Morgan fingerprint density at radius 1 is 0.952 bits per heavy atom. The predicted molar refractivity (Wildman–Crippen MR) is 59.1 cm³/mol. The minimum atomic E-state index is -6.27. The van der Waals surface area contributed by atoms with Crippen molar-refractivity contribution < 1.29 is 39.2 Å². The molecule has 0 aliphatic carbocycles. The Balaban J connectivity index is 3.64. The van der Waals surface area contributed by atoms with Crippen LogP contribution < -0.4 is 0 Å². The number of benzene rings is 1. The van der Waals surface area contributed by atoms with E-state index in [0.717, 1.165) is 0 Å². The van der Waals surface area contributed by atoms with Crippen molar-refractivity contribution in [3.63, 3.8) is 0 Å². The molecule has 1 rings (SSSR count). The molecule has 0 aliphatic heterocycles. The van der Waals surface area contributed by atoms with Gasteiger partial charge in [0, 0.05) is 16.2 Å². The zero-order chi connectivity index (χ0) is 16.9. The summed E-state index contributed by atoms with van der Waals surface area (Å²) in [6.45, 7) is 0.715. The van der Waals surface area contributed by atoms with Gasteiger partial charge >= 0.3 is 18.0 Å². The molecule has 1 aromatic carbocycles. The molecular formula is C10H6ClF7O2S. The normalized spacial score (nSPS) is 14.3. The summed E-state index contributed by atoms with van der Waals surface area (Å²) in [5, 5.41) is 0. The number of aryl methyl sites for hydroxylation is 1. The summed E-state index contributed by atoms with van der Waals surface area (Å²) >= 11 is 0. The lowest BCUT2D eigenvalue weighted by molar-refractivity contribution is -0.348. The van der Waals surface area contributed by atoms with Crippen LogP contribution in [0.5, 0.6) is 0 Å². The molecule has 0 heterocycles. The van der Waals surface area contributed by atoms with Crippen LogP contribution in [0.1, 0.15) is 11.1 Å². The van der Waals surface area contributed by atoms with Crippen LogP contribution in [-0.4, -0.2) is 20.8 Å². The van der Waals surface area contributed by atoms with E-state index in [1.807, 2.05) is 0 Å². The Morgan fingerprint density at radius 3 is 1.67 bits per heavy atom. The van der Waals surface area contributed by atoms with Gasteiger partial charge in [0.2, 0.25) is 0 Å². The molecule has 1 aromatic rings. The summed E-state index contributed by atoms with van der Waals surface area (Å²) in [4.78, 5) is -0.739. The molecule has 0 amide bonds. The molecule has 0 saturated heterocycles. The maximum absolute atomic E-state index is 13.8. The van der Waals surface area contributed by atoms with Crippen molar-refractivity contribution in [3.8, 4) is 0 Å². The van der Waals surface area contributed by atoms with Gasteiger partial charge in [-0.1, -0.05) is 6.07 Å². The van der Waals surface area contributed by atoms with Gasteiger partial charge in [-0.15, -0.1) is 0 Å². The molecule has 0 spiro atoms. The van der Waals surface area contributed by atoms with E-state index in [-0.39, 0.29) is 6.07 Å². The van der Waals surface area contributed by atoms with Gasteiger partial charge in [-0.2, -0.15) is 26.3 Å². The highest BCUT2D eigenvalue weighted by atomic mass is 35.7. The molecular weight excluding hydrogens is 353 g/mol. The van der Waals surface area contributed by atoms with Crippen molar-refractivity contribution in [2.45, 2.75) is 29.8 Å². The Morgan fingerprint density at radius 2 is 1.38 bits per heavy atom. The minimum Gasteiger partial charge on any atom is -0.218 e. The van der Waals surface area contributed by atoms with E-state index in [9.17, 15) is 39.2 Å². The van der Waals surface area contributed by atoms with Crippen molar-refractivity contribution in [1.29, 1.82) is 0 Å². The third-order valence-corrected chi connectivity index (χ3v) is 3.98. The summed E-state index contributed by atoms with van der Waals surface area (Å²) in [5.41, 5.74) is -8.21. The number of halogens is 8. The Hall–Kier alpha value is -1.03. The first-order valence-electron chi connectivity index (χ1n) is 5.00. The van der Waals surface area contributed by atoms with Gasteiger partial charge in [-0.25, -0.2) is 12.8 Å². The van der Waals surface area contributed by atoms with E-state index in [4.69, 9.17) is 10.7 Å². The average molecular weight is 359 g/mol. The quantitative estimate of drug-likeness (QED) is 0.586. The second-order valence-electron chi connectivity index (χ2n) is 4.07. The van der Waals surface area contributed by atoms with Crippen LogP contribution in [0, 0.1) is 6.92 Å². The number of rotatable bonds is 2. The standard InChI is InChI=1S/C10H6ClF7O2S/c1-5-4-6(21(11,19)20)2-3-7(5)8(12,9(13,14)15)10(16,17)18/h2-4H,1H3. The maximum Gasteiger partial charge on any atom is 0.435 e. The molecule has 0 unspecified atom stereocenters. The first-order valence-corrected chi connectivity index (χ1v) is 7.31. The Bertz CT molecular complexity index is 634. The van der Waals surface area contributed by atoms with Crippen molar-refractivity contribution in [2.24, 2.45) is 0 Å². The number of hydrogen-bond donors (Lipinski definition) is 0. The summed E-state index contributed by atoms with van der Waals surface area (Å²) in [6.07, 6.45) is -12.5. The molecule has 2 nitrogen and oxygen atoms in total. The highest BCUT2D eigenvalue weighted by Crippen LogP contribution is 2.54. The van der Waals surface area contributed by atoms with Gasteiger partial charge in [0.25, 0.3) is 9.05 Å². The summed E-state index contributed by atoms with van der Waals surface area (Å²) in [5.74, 6) is 0. The third-order valence-electron chi connectivity index (χ3n) is 2.63. The van der Waals surface area contributed by atoms with Crippen LogP contribution in [0.2, 0.25) is 0 Å². The molecule has 21 heavy (non-hydrogen) atoms. The largest absolute Gasteiger partial charge is 0.435 e. The van der Waals surface area contributed by atoms with Crippen molar-refractivity contribution in [2.75, 3.05) is 0 Å². The average Bonchev–Trinajstić information content (AvgIpc) is 2.23. The van der Waals surface area contributed by atoms with Crippen molar-refractivity contribution >= 4 is 19.7 Å². The van der Waals surface area contributed by atoms with E-state index in [0.29, 0.717) is 19.1 Å². The van der Waals surface area contributed by atoms with Crippen LogP contribution >= 0.6 is 10.7 Å². The molecule has 0 N–H and O–H groups in total. The van der Waals surface area contributed by atoms with Crippen molar-refractivity contribution in [1.82, 2.24) is 0 Å². The third kappa shape index (κ3) is 3.10. The SMILES string of the molecule is Cc1cc(S(=O)(=O)Cl)ccc1C(F)(C(F)(F)F)C(F)(F)F. The smallest absolute Gasteiger partial charge is 0.218 e. The number of alkyl halides is 7. The lowest BCUT2D eigenvalue weighted by Gasteiger charge is -2.31. The van der Waals surface area contributed by atoms with Crippen LogP contribution in [0.15, 0.2) is 23.1 Å². The molecule has 0 saturated carbocycles. The van der Waals surface area contributed by atoms with E-state index >= 15 is 0 Å². The molecule has 0 aromatic heterocycles. The van der Waals surface area contributed by atoms with Crippen LogP contribution in [-0.2, 0) is 14.7 Å². The van der Waals surface area contributed by atoms with Gasteiger partial charge in [0.15, 0.2) is 0 Å². The maximum atomic E-state index is 13.8. The lowest BCUT2D eigenvalue weighted by Crippen LogP contribution is -2.50. The highest BCUT2D eigenvalue weighted by Gasteiger charge is 2.73. The first-order chi connectivity index (χ1) is 9.12. The lowest BCUT2D eigenvalue weighted by atomic mass is 9.90. The second kappa shape index (κ2) is 5.01. The van der Waals surface area contributed by atoms with E-state index in [1.165, 1.54) is 0 Å². The first kappa shape index (κ1) is 18.0. The topological polar surface area (TPSA) is 34.1 Å².